The lowest BCUT2D eigenvalue weighted by Gasteiger charge is -2.32. The third-order valence-corrected chi connectivity index (χ3v) is 6.88. The maximum absolute atomic E-state index is 13.3. The Morgan fingerprint density at radius 2 is 1.69 bits per heavy atom. The summed E-state index contributed by atoms with van der Waals surface area (Å²) >= 11 is 0. The van der Waals surface area contributed by atoms with Crippen molar-refractivity contribution in [3.63, 3.8) is 0 Å². The highest BCUT2D eigenvalue weighted by molar-refractivity contribution is 5.93. The van der Waals surface area contributed by atoms with Crippen molar-refractivity contribution < 1.29 is 19.2 Å². The van der Waals surface area contributed by atoms with Gasteiger partial charge in [0.15, 0.2) is 0 Å². The number of pyridine rings is 1. The molecule has 0 unspecified atom stereocenters. The van der Waals surface area contributed by atoms with Crippen molar-refractivity contribution in [3.05, 3.63) is 66.0 Å². The van der Waals surface area contributed by atoms with E-state index in [0.29, 0.717) is 32.5 Å². The minimum absolute atomic E-state index is 0.193. The first kappa shape index (κ1) is 29.8. The third kappa shape index (κ3) is 8.88. The normalized spacial score (nSPS) is 22.8. The Kier molecular flexibility index (Phi) is 11.0. The maximum atomic E-state index is 13.3. The summed E-state index contributed by atoms with van der Waals surface area (Å²) in [4.78, 5) is 60.2. The lowest BCUT2D eigenvalue weighted by molar-refractivity contribution is -0.140. The molecule has 39 heavy (non-hydrogen) atoms. The monoisotopic (exact) mass is 536 g/mol. The van der Waals surface area contributed by atoms with Crippen LogP contribution >= 0.6 is 0 Å². The van der Waals surface area contributed by atoms with Crippen LogP contribution in [0, 0.1) is 5.92 Å². The van der Waals surface area contributed by atoms with Gasteiger partial charge in [-0.1, -0.05) is 50.2 Å². The number of nitrogens with one attached hydrogen (secondary N) is 3. The molecule has 1 aliphatic heterocycles. The van der Waals surface area contributed by atoms with Gasteiger partial charge in [0.25, 0.3) is 0 Å². The number of hydrogen-bond acceptors (Lipinski definition) is 6. The van der Waals surface area contributed by atoms with Crippen molar-refractivity contribution in [1.82, 2.24) is 30.7 Å². The lowest BCUT2D eigenvalue weighted by atomic mass is 10.0. The number of carbonyl (C=O) groups excluding carboxylic acids is 4. The number of rotatable bonds is 5. The van der Waals surface area contributed by atoms with Gasteiger partial charge in [0, 0.05) is 45.5 Å². The molecule has 0 saturated carbocycles. The van der Waals surface area contributed by atoms with Crippen molar-refractivity contribution in [2.75, 3.05) is 26.7 Å². The second-order valence-electron chi connectivity index (χ2n) is 10.4. The van der Waals surface area contributed by atoms with Crippen LogP contribution in [0.25, 0.3) is 0 Å². The van der Waals surface area contributed by atoms with E-state index >= 15 is 0 Å². The minimum atomic E-state index is -0.797. The molecule has 3 atom stereocenters. The van der Waals surface area contributed by atoms with Crippen LogP contribution < -0.4 is 16.0 Å². The van der Waals surface area contributed by atoms with Crippen LogP contribution in [0.4, 0.5) is 0 Å². The SMILES string of the molecule is CC(C)[C@@H]1NC(=O)[C@@H](C)N(Cc2cccnc2)CCCNC(=O)[C@H](Cc2ccccc2)NC(=O)CN(C)C1=O. The fourth-order valence-corrected chi connectivity index (χ4v) is 4.54. The quantitative estimate of drug-likeness (QED) is 0.526. The van der Waals surface area contributed by atoms with Crippen molar-refractivity contribution in [1.29, 1.82) is 0 Å². The number of likely N-dealkylation sites (N-methyl/N-ethyl adjacent to an activating group) is 1. The Balaban J connectivity index is 1.85. The highest BCUT2D eigenvalue weighted by Gasteiger charge is 2.32. The minimum Gasteiger partial charge on any atom is -0.354 e. The van der Waals surface area contributed by atoms with E-state index in [2.05, 4.69) is 20.9 Å². The van der Waals surface area contributed by atoms with Gasteiger partial charge in [0.05, 0.1) is 12.6 Å². The number of aromatic nitrogens is 1. The van der Waals surface area contributed by atoms with Gasteiger partial charge in [-0.25, -0.2) is 0 Å². The molecular weight excluding hydrogens is 496 g/mol. The summed E-state index contributed by atoms with van der Waals surface area (Å²) < 4.78 is 0. The summed E-state index contributed by atoms with van der Waals surface area (Å²) in [6.45, 7) is 6.68. The summed E-state index contributed by atoms with van der Waals surface area (Å²) in [6, 6.07) is 11.1. The molecule has 210 valence electrons. The van der Waals surface area contributed by atoms with Gasteiger partial charge < -0.3 is 20.9 Å². The van der Waals surface area contributed by atoms with Gasteiger partial charge in [0.2, 0.25) is 23.6 Å². The average molecular weight is 537 g/mol. The molecule has 0 aliphatic carbocycles. The van der Waals surface area contributed by atoms with Crippen LogP contribution in [0.3, 0.4) is 0 Å². The first-order valence-corrected chi connectivity index (χ1v) is 13.4. The molecular formula is C29H40N6O4. The largest absolute Gasteiger partial charge is 0.354 e. The van der Waals surface area contributed by atoms with Crippen molar-refractivity contribution >= 4 is 23.6 Å². The number of carbonyl (C=O) groups is 4. The summed E-state index contributed by atoms with van der Waals surface area (Å²) in [7, 11) is 1.52. The molecule has 4 amide bonds. The maximum Gasteiger partial charge on any atom is 0.245 e. The number of nitrogens with zero attached hydrogens (tertiary/aromatic N) is 3. The smallest absolute Gasteiger partial charge is 0.245 e. The Morgan fingerprint density at radius 3 is 2.36 bits per heavy atom. The van der Waals surface area contributed by atoms with Gasteiger partial charge in [0.1, 0.15) is 12.1 Å². The molecule has 1 aliphatic rings. The predicted molar refractivity (Wildman–Crippen MR) is 148 cm³/mol. The van der Waals surface area contributed by atoms with Gasteiger partial charge in [-0.05, 0) is 36.5 Å². The van der Waals surface area contributed by atoms with E-state index in [4.69, 9.17) is 0 Å². The summed E-state index contributed by atoms with van der Waals surface area (Å²) in [5.41, 5.74) is 1.87. The first-order valence-electron chi connectivity index (χ1n) is 13.4. The molecule has 2 aromatic rings. The highest BCUT2D eigenvalue weighted by atomic mass is 16.2. The van der Waals surface area contributed by atoms with Crippen LogP contribution in [0.5, 0.6) is 0 Å². The molecule has 1 aromatic heterocycles. The zero-order valence-corrected chi connectivity index (χ0v) is 23.2. The zero-order valence-electron chi connectivity index (χ0n) is 23.2. The molecule has 1 fully saturated rings. The second kappa shape index (κ2) is 14.4. The molecule has 10 nitrogen and oxygen atoms in total. The zero-order chi connectivity index (χ0) is 28.4. The van der Waals surface area contributed by atoms with Gasteiger partial charge in [-0.15, -0.1) is 0 Å². The molecule has 0 bridgehead atoms. The van der Waals surface area contributed by atoms with E-state index in [1.54, 1.807) is 12.4 Å². The highest BCUT2D eigenvalue weighted by Crippen LogP contribution is 2.12. The van der Waals surface area contributed by atoms with Crippen LogP contribution in [0.1, 0.15) is 38.3 Å². The molecule has 3 rings (SSSR count). The molecule has 3 N–H and O–H groups in total. The molecule has 10 heteroatoms. The predicted octanol–water partition coefficient (Wildman–Crippen LogP) is 1.12. The van der Waals surface area contributed by atoms with E-state index < -0.39 is 24.0 Å². The summed E-state index contributed by atoms with van der Waals surface area (Å²) in [5, 5.41) is 8.65. The van der Waals surface area contributed by atoms with Crippen LogP contribution in [-0.4, -0.2) is 83.2 Å². The molecule has 2 heterocycles. The number of hydrogen-bond donors (Lipinski definition) is 3. The van der Waals surface area contributed by atoms with Crippen LogP contribution in [0.2, 0.25) is 0 Å². The third-order valence-electron chi connectivity index (χ3n) is 6.88. The second-order valence-corrected chi connectivity index (χ2v) is 10.4. The van der Waals surface area contributed by atoms with Crippen molar-refractivity contribution in [2.24, 2.45) is 5.92 Å². The Morgan fingerprint density at radius 1 is 0.974 bits per heavy atom. The fraction of sp³-hybridized carbons (Fsp3) is 0.483. The van der Waals surface area contributed by atoms with E-state index in [1.165, 1.54) is 11.9 Å². The van der Waals surface area contributed by atoms with Crippen molar-refractivity contribution in [3.8, 4) is 0 Å². The van der Waals surface area contributed by atoms with E-state index in [9.17, 15) is 19.2 Å². The van der Waals surface area contributed by atoms with Gasteiger partial charge in [-0.3, -0.25) is 29.1 Å². The lowest BCUT2D eigenvalue weighted by Crippen LogP contribution is -2.57. The number of benzene rings is 1. The van der Waals surface area contributed by atoms with Crippen LogP contribution in [0.15, 0.2) is 54.9 Å². The van der Waals surface area contributed by atoms with Crippen LogP contribution in [-0.2, 0) is 32.1 Å². The Bertz CT molecular complexity index is 1110. The van der Waals surface area contributed by atoms with E-state index in [0.717, 1.165) is 11.1 Å². The Hall–Kier alpha value is -3.79. The van der Waals surface area contributed by atoms with E-state index in [-0.39, 0.29) is 30.2 Å². The van der Waals surface area contributed by atoms with Crippen molar-refractivity contribution in [2.45, 2.75) is 58.3 Å². The fourth-order valence-electron chi connectivity index (χ4n) is 4.54. The molecule has 0 radical (unpaired) electrons. The molecule has 0 spiro atoms. The molecule has 1 aromatic carbocycles. The standard InChI is InChI=1S/C29H40N6O4/c1-20(2)26-29(39)34(4)19-25(36)32-24(16-22-10-6-5-7-11-22)28(38)31-14-9-15-35(21(3)27(37)33-26)18-23-12-8-13-30-17-23/h5-8,10-13,17,20-21,24,26H,9,14-16,18-19H2,1-4H3,(H,31,38)(H,32,36)(H,33,37)/t21-,24+,26+/m1/s1. The topological polar surface area (TPSA) is 124 Å². The average Bonchev–Trinajstić information content (AvgIpc) is 2.92. The summed E-state index contributed by atoms with van der Waals surface area (Å²) in [5.74, 6) is -1.57. The first-order chi connectivity index (χ1) is 18.7. The van der Waals surface area contributed by atoms with Gasteiger partial charge in [-0.2, -0.15) is 0 Å². The number of amides is 4. The van der Waals surface area contributed by atoms with E-state index in [1.807, 2.05) is 68.1 Å². The van der Waals surface area contributed by atoms with Gasteiger partial charge >= 0.3 is 0 Å². The molecule has 1 saturated heterocycles. The summed E-state index contributed by atoms with van der Waals surface area (Å²) in [6.07, 6.45) is 4.37. The Labute approximate surface area is 230 Å².